The fourth-order valence-electron chi connectivity index (χ4n) is 9.35. The molecule has 0 heterocycles. The van der Waals surface area contributed by atoms with Crippen molar-refractivity contribution < 1.29 is 0 Å². The van der Waals surface area contributed by atoms with Crippen LogP contribution in [-0.2, 0) is 32.4 Å². The Morgan fingerprint density at radius 2 is 0.647 bits per heavy atom. The minimum absolute atomic E-state index is 0.0515. The number of hydrogen-bond acceptors (Lipinski definition) is 10. The fraction of sp³-hybridized carbons (Fsp3) is 0.273. The second kappa shape index (κ2) is 65.6. The van der Waals surface area contributed by atoms with Crippen LogP contribution in [-0.4, -0.2) is 171 Å². The Bertz CT molecular complexity index is 5310. The Morgan fingerprint density at radius 1 is 0.308 bits per heavy atom. The zero-order valence-electron chi connectivity index (χ0n) is 77.3. The number of rotatable bonds is 19. The van der Waals surface area contributed by atoms with Crippen molar-refractivity contribution in [2.45, 2.75) is 113 Å². The Kier molecular flexibility index (Phi) is 57.3. The van der Waals surface area contributed by atoms with Gasteiger partial charge in [0.15, 0.2) is 53.6 Å². The van der Waals surface area contributed by atoms with Gasteiger partial charge in [0.05, 0.1) is 24.5 Å². The third-order valence-electron chi connectivity index (χ3n) is 15.3. The summed E-state index contributed by atoms with van der Waals surface area (Å²) in [6, 6.07) is 60.9. The standard InChI is InChI=1S/C13H20ClN5.2C12H18ClN5.C12H19N5.C11H17N5.C10H14ClN5.C9H12ClN5.C9H13N5/c1-9(2)18-13(16)19-12(15)17-8-7-10-3-5-11(14)6-4-10;1-8(2)17-12(15)18-11(14)16-7-9-3-5-10(13)6-4-9;1-18(2)12(15)17-11(14)16-8-7-9-5-3-4-6-10(9)13;1-8(2)15-11(13)17-12(14)16-10-6-4-5-9(3)7-10;1-8-5-4-6-9(7-8)14-10(12)15-11(13)16(2)3;11-8-3-1-7(2-4-8)5-6-15-10(14)16-9(12)13;10-7-3-1-6(2-4-7)5-14-9(13)15-8(11)12;1-6-3-2-4-7(5-6)13-9(12)14-8(10)11/h3-6,9H,7-8H2,1-2H3,(H5,15,16,17,18,19);3-6,8H,7H2,1-2H3,(H5,14,15,16,17,18);3-6H,7-8H2,1-2H3,(H4,14,15,16,17);4-8H,1-3H3,(H5,13,14,15,16,17);4-7H,1-3H3,(H4,12,13,14,15);1-4H,5-6H2,(H6,12,13,14,15,16);1-4H,5H2,(H6,11,12,13,14,15);2-5H,1H3,(H6,10,11,12,13,14). The smallest absolute Gasteiger partial charge is 0.223 e. The van der Waals surface area contributed by atoms with Gasteiger partial charge in [-0.05, 0) is 217 Å². The van der Waals surface area contributed by atoms with Crippen LogP contribution >= 0.6 is 58.0 Å². The van der Waals surface area contributed by atoms with E-state index in [-0.39, 0.29) is 102 Å². The molecule has 0 amide bonds. The number of nitrogens with one attached hydrogen (secondary N) is 3. The van der Waals surface area contributed by atoms with Crippen molar-refractivity contribution >= 4 is 170 Å². The van der Waals surface area contributed by atoms with Gasteiger partial charge in [-0.1, -0.05) is 161 Å². The van der Waals surface area contributed by atoms with Gasteiger partial charge in [0.25, 0.3) is 0 Å². The Morgan fingerprint density at radius 3 is 1.04 bits per heavy atom. The molecule has 718 valence electrons. The summed E-state index contributed by atoms with van der Waals surface area (Å²) in [6.45, 7) is 20.1. The number of aryl methyl sites for hydroxylation is 3. The number of benzene rings is 8. The highest BCUT2D eigenvalue weighted by atomic mass is 35.5. The quantitative estimate of drug-likeness (QED) is 0.0276. The van der Waals surface area contributed by atoms with E-state index in [2.05, 4.69) is 95.8 Å². The van der Waals surface area contributed by atoms with E-state index in [1.54, 1.807) is 50.1 Å². The highest BCUT2D eigenvalue weighted by Crippen LogP contribution is 2.19. The highest BCUT2D eigenvalue weighted by molar-refractivity contribution is 6.32. The molecule has 0 aliphatic rings. The zero-order valence-corrected chi connectivity index (χ0v) is 81.1. The summed E-state index contributed by atoms with van der Waals surface area (Å²) in [7, 11) is 7.16. The number of halogens is 5. The first kappa shape index (κ1) is 116. The molecule has 8 aromatic rings. The maximum atomic E-state index is 6.03. The summed E-state index contributed by atoms with van der Waals surface area (Å²) in [5, 5.41) is 12.0. The lowest BCUT2D eigenvalue weighted by atomic mass is 10.1. The molecule has 0 fully saturated rings. The number of hydrogen-bond donors (Lipinski definition) is 22. The molecule has 0 spiro atoms. The first-order valence-electron chi connectivity index (χ1n) is 40.7. The van der Waals surface area contributed by atoms with Crippen LogP contribution in [0.2, 0.25) is 25.1 Å². The number of anilines is 1. The lowest BCUT2D eigenvalue weighted by molar-refractivity contribution is 0.615. The molecule has 133 heavy (non-hydrogen) atoms. The van der Waals surface area contributed by atoms with Crippen molar-refractivity contribution in [2.75, 3.05) is 53.1 Å². The van der Waals surface area contributed by atoms with E-state index < -0.39 is 0 Å². The number of aliphatic imine (C=N–C) groups is 16. The van der Waals surface area contributed by atoms with E-state index in [9.17, 15) is 0 Å². The van der Waals surface area contributed by atoms with Crippen molar-refractivity contribution in [1.29, 1.82) is 0 Å². The van der Waals surface area contributed by atoms with Gasteiger partial charge in [-0.2, -0.15) is 30.0 Å². The number of nitrogens with two attached hydrogens (primary N) is 19. The largest absolute Gasteiger partial charge is 0.370 e. The molecule has 8 rings (SSSR count). The van der Waals surface area contributed by atoms with Gasteiger partial charge in [0, 0.05) is 96.8 Å². The molecule has 0 aromatic heterocycles. The second-order valence-corrected chi connectivity index (χ2v) is 31.1. The molecule has 0 unspecified atom stereocenters. The van der Waals surface area contributed by atoms with Crippen LogP contribution in [0.25, 0.3) is 0 Å². The van der Waals surface area contributed by atoms with Crippen LogP contribution in [0.3, 0.4) is 0 Å². The molecule has 0 bridgehead atoms. The van der Waals surface area contributed by atoms with Crippen LogP contribution in [0, 0.1) is 20.8 Å². The molecule has 0 saturated heterocycles. The minimum Gasteiger partial charge on any atom is -0.370 e. The van der Waals surface area contributed by atoms with Gasteiger partial charge < -0.3 is 124 Å². The van der Waals surface area contributed by atoms with Gasteiger partial charge in [-0.15, -0.1) is 0 Å². The van der Waals surface area contributed by atoms with Gasteiger partial charge >= 0.3 is 0 Å². The number of guanidine groups is 16. The van der Waals surface area contributed by atoms with Gasteiger partial charge in [0.1, 0.15) is 0 Å². The molecule has 0 aliphatic heterocycles. The molecule has 0 radical (unpaired) electrons. The topological polar surface area (TPSA) is 735 Å². The average Bonchev–Trinajstić information content (AvgIpc) is 0.902. The Balaban J connectivity index is 0.000000761. The fourth-order valence-corrected chi connectivity index (χ4v) is 10.1. The maximum Gasteiger partial charge on any atom is 0.223 e. The van der Waals surface area contributed by atoms with Crippen LogP contribution in [0.15, 0.2) is 274 Å². The summed E-state index contributed by atoms with van der Waals surface area (Å²) in [4.78, 5) is 66.8. The van der Waals surface area contributed by atoms with Crippen molar-refractivity contribution in [3.05, 3.63) is 264 Å². The van der Waals surface area contributed by atoms with E-state index >= 15 is 0 Å². The predicted molar refractivity (Wildman–Crippen MR) is 564 cm³/mol. The van der Waals surface area contributed by atoms with Crippen LogP contribution in [0.1, 0.15) is 86.1 Å². The average molecular weight is 1930 g/mol. The Hall–Kier alpha value is -14.9. The summed E-state index contributed by atoms with van der Waals surface area (Å²) in [5.41, 5.74) is 115. The van der Waals surface area contributed by atoms with Crippen molar-refractivity contribution in [2.24, 2.45) is 189 Å². The van der Waals surface area contributed by atoms with Gasteiger partial charge in [-0.25, -0.2) is 25.0 Å². The van der Waals surface area contributed by atoms with Gasteiger partial charge in [-0.3, -0.25) is 35.6 Å². The monoisotopic (exact) mass is 1920 g/mol. The first-order valence-corrected chi connectivity index (χ1v) is 42.6. The molecule has 40 nitrogen and oxygen atoms in total. The van der Waals surface area contributed by atoms with E-state index in [1.165, 1.54) is 0 Å². The normalized spacial score (nSPS) is 12.2. The third kappa shape index (κ3) is 62.1. The van der Waals surface area contributed by atoms with Gasteiger partial charge in [0.2, 0.25) is 41.7 Å². The first-order chi connectivity index (χ1) is 62.6. The maximum absolute atomic E-state index is 6.03. The summed E-state index contributed by atoms with van der Waals surface area (Å²) in [5.74, 6) is 2.37. The molecule has 41 N–H and O–H groups in total. The summed E-state index contributed by atoms with van der Waals surface area (Å²) < 4.78 is 0. The van der Waals surface area contributed by atoms with Crippen LogP contribution in [0.5, 0.6) is 0 Å². The molecular formula is C88H131Cl5N40. The van der Waals surface area contributed by atoms with E-state index in [0.29, 0.717) is 59.7 Å². The van der Waals surface area contributed by atoms with E-state index in [0.717, 1.165) is 90.9 Å². The van der Waals surface area contributed by atoms with E-state index in [1.807, 2.05) is 244 Å². The summed E-state index contributed by atoms with van der Waals surface area (Å²) in [6.07, 6.45) is 2.27. The molecule has 0 atom stereocenters. The minimum atomic E-state index is -0.104. The van der Waals surface area contributed by atoms with Crippen molar-refractivity contribution in [1.82, 2.24) is 20.4 Å². The van der Waals surface area contributed by atoms with Crippen molar-refractivity contribution in [3.8, 4) is 0 Å². The third-order valence-corrected chi connectivity index (χ3v) is 16.7. The molecule has 45 heteroatoms. The predicted octanol–water partition coefficient (Wildman–Crippen LogP) is 7.43. The van der Waals surface area contributed by atoms with E-state index in [4.69, 9.17) is 167 Å². The molecule has 8 aromatic carbocycles. The van der Waals surface area contributed by atoms with Crippen LogP contribution in [0.4, 0.5) is 17.1 Å². The number of nitrogens with zero attached hydrogens (tertiary/aromatic N) is 18. The second-order valence-electron chi connectivity index (χ2n) is 29.0. The SMILES string of the molecule is CC(C)N=C(N)NC(N)=NCCc1ccc(Cl)cc1.CC(C)N=C(N)NC(N)=NCc1ccc(Cl)cc1.CN(C)C(N)=NC(N)=NCCc1ccccc1Cl.Cc1cccc(N=C(N)N=C(N)N(C)C)c1.Cc1cccc(N=C(N)N=C(N)N)c1.Cc1cccc(NC(N)=NC(N)=NC(C)C)c1.NC(N)=NC(N)=NCCc1ccc(Cl)cc1.NC(N)=NC(N)=NCc1ccc(Cl)cc1. The molecular weight excluding hydrogens is 1790 g/mol. The Labute approximate surface area is 804 Å². The molecule has 0 saturated carbocycles. The van der Waals surface area contributed by atoms with Crippen LogP contribution < -0.4 is 125 Å². The zero-order chi connectivity index (χ0) is 100. The highest BCUT2D eigenvalue weighted by Gasteiger charge is 2.06. The molecule has 0 aliphatic carbocycles. The summed E-state index contributed by atoms with van der Waals surface area (Å²) >= 11 is 29.1. The lowest BCUT2D eigenvalue weighted by Crippen LogP contribution is -2.42. The van der Waals surface area contributed by atoms with Crippen molar-refractivity contribution in [3.63, 3.8) is 0 Å². The lowest BCUT2D eigenvalue weighted by Gasteiger charge is -2.09.